The van der Waals surface area contributed by atoms with Gasteiger partial charge in [0, 0.05) is 6.42 Å². The minimum absolute atomic E-state index is 0.0536. The molecule has 0 aliphatic rings. The van der Waals surface area contributed by atoms with E-state index in [-0.39, 0.29) is 25.2 Å². The summed E-state index contributed by atoms with van der Waals surface area (Å²) in [4.78, 5) is 20.9. The van der Waals surface area contributed by atoms with Crippen LogP contribution in [0, 0.1) is 0 Å². The van der Waals surface area contributed by atoms with Gasteiger partial charge >= 0.3 is 5.97 Å². The summed E-state index contributed by atoms with van der Waals surface area (Å²) in [6.45, 7) is 3.45. The third-order valence-corrected chi connectivity index (χ3v) is 1.42. The lowest BCUT2D eigenvalue weighted by Crippen LogP contribution is -2.28. The van der Waals surface area contributed by atoms with E-state index in [1.54, 1.807) is 13.8 Å². The summed E-state index contributed by atoms with van der Waals surface area (Å²) in [6, 6.07) is 0. The van der Waals surface area contributed by atoms with Crippen molar-refractivity contribution in [1.82, 2.24) is 5.32 Å². The summed E-state index contributed by atoms with van der Waals surface area (Å²) in [5, 5.41) is 10.9. The fourth-order valence-electron chi connectivity index (χ4n) is 0.694. The minimum atomic E-state index is -0.908. The number of ether oxygens (including phenoxy) is 1. The van der Waals surface area contributed by atoms with Gasteiger partial charge < -0.3 is 15.2 Å². The first kappa shape index (κ1) is 11.9. The SMILES string of the molecule is CCC(=O)NCO[C@@H](C)CC(=O)O. The molecule has 1 amide bonds. The number of rotatable bonds is 6. The summed E-state index contributed by atoms with van der Waals surface area (Å²) < 4.78 is 5.01. The van der Waals surface area contributed by atoms with Crippen molar-refractivity contribution < 1.29 is 19.4 Å². The van der Waals surface area contributed by atoms with E-state index >= 15 is 0 Å². The molecule has 0 rings (SSSR count). The van der Waals surface area contributed by atoms with Crippen molar-refractivity contribution in [2.45, 2.75) is 32.8 Å². The second kappa shape index (κ2) is 6.42. The molecule has 0 aromatic rings. The number of hydrogen-bond donors (Lipinski definition) is 2. The summed E-state index contributed by atoms with van der Waals surface area (Å²) in [6.07, 6.45) is -0.0340. The van der Waals surface area contributed by atoms with Crippen LogP contribution in [0.5, 0.6) is 0 Å². The van der Waals surface area contributed by atoms with Crippen LogP contribution in [0.25, 0.3) is 0 Å². The maximum atomic E-state index is 10.7. The second-order valence-corrected chi connectivity index (χ2v) is 2.67. The normalized spacial score (nSPS) is 12.2. The van der Waals surface area contributed by atoms with Crippen molar-refractivity contribution in [3.63, 3.8) is 0 Å². The number of hydrogen-bond acceptors (Lipinski definition) is 3. The van der Waals surface area contributed by atoms with E-state index < -0.39 is 5.97 Å². The van der Waals surface area contributed by atoms with E-state index in [0.717, 1.165) is 0 Å². The molecule has 76 valence electrons. The van der Waals surface area contributed by atoms with Crippen LogP contribution < -0.4 is 5.32 Å². The molecular weight excluding hydrogens is 174 g/mol. The van der Waals surface area contributed by atoms with Gasteiger partial charge in [-0.05, 0) is 6.92 Å². The molecule has 0 aliphatic heterocycles. The monoisotopic (exact) mass is 189 g/mol. The Kier molecular flexibility index (Phi) is 5.88. The zero-order valence-corrected chi connectivity index (χ0v) is 7.87. The molecule has 0 heterocycles. The molecular formula is C8H15NO4. The van der Waals surface area contributed by atoms with Gasteiger partial charge in [0.1, 0.15) is 6.73 Å². The highest BCUT2D eigenvalue weighted by Crippen LogP contribution is 1.95. The zero-order valence-electron chi connectivity index (χ0n) is 7.87. The lowest BCUT2D eigenvalue weighted by molar-refractivity contribution is -0.140. The number of nitrogens with one attached hydrogen (secondary N) is 1. The van der Waals surface area contributed by atoms with Crippen molar-refractivity contribution >= 4 is 11.9 Å². The third-order valence-electron chi connectivity index (χ3n) is 1.42. The minimum Gasteiger partial charge on any atom is -0.481 e. The first-order chi connectivity index (χ1) is 6.06. The topological polar surface area (TPSA) is 75.6 Å². The molecule has 0 radical (unpaired) electrons. The molecule has 0 fully saturated rings. The summed E-state index contributed by atoms with van der Waals surface area (Å²) >= 11 is 0. The number of carbonyl (C=O) groups is 2. The Morgan fingerprint density at radius 3 is 2.62 bits per heavy atom. The van der Waals surface area contributed by atoms with Crippen LogP contribution in [0.2, 0.25) is 0 Å². The molecule has 0 aliphatic carbocycles. The number of carboxylic acids is 1. The van der Waals surface area contributed by atoms with Gasteiger partial charge in [-0.15, -0.1) is 0 Å². The summed E-state index contributed by atoms with van der Waals surface area (Å²) in [5.41, 5.74) is 0. The average Bonchev–Trinajstić information content (AvgIpc) is 2.02. The van der Waals surface area contributed by atoms with Crippen molar-refractivity contribution in [3.05, 3.63) is 0 Å². The van der Waals surface area contributed by atoms with E-state index in [4.69, 9.17) is 9.84 Å². The van der Waals surface area contributed by atoms with Crippen LogP contribution in [0.4, 0.5) is 0 Å². The quantitative estimate of drug-likeness (QED) is 0.591. The van der Waals surface area contributed by atoms with Crippen LogP contribution >= 0.6 is 0 Å². The van der Waals surface area contributed by atoms with Crippen LogP contribution in [-0.2, 0) is 14.3 Å². The maximum Gasteiger partial charge on any atom is 0.305 e. The lowest BCUT2D eigenvalue weighted by atomic mass is 10.3. The summed E-state index contributed by atoms with van der Waals surface area (Å²) in [5.74, 6) is -1.02. The smallest absolute Gasteiger partial charge is 0.305 e. The van der Waals surface area contributed by atoms with E-state index in [2.05, 4.69) is 5.32 Å². The second-order valence-electron chi connectivity index (χ2n) is 2.67. The molecule has 0 spiro atoms. The Bertz CT molecular complexity index is 181. The maximum absolute atomic E-state index is 10.7. The van der Waals surface area contributed by atoms with Crippen LogP contribution in [0.1, 0.15) is 26.7 Å². The standard InChI is InChI=1S/C8H15NO4/c1-3-7(10)9-5-13-6(2)4-8(11)12/h6H,3-5H2,1-2H3,(H,9,10)(H,11,12)/t6-/m0/s1. The van der Waals surface area contributed by atoms with Crippen molar-refractivity contribution in [1.29, 1.82) is 0 Å². The highest BCUT2D eigenvalue weighted by molar-refractivity contribution is 5.75. The zero-order chi connectivity index (χ0) is 10.3. The predicted molar refractivity (Wildman–Crippen MR) is 46.1 cm³/mol. The van der Waals surface area contributed by atoms with Gasteiger partial charge in [-0.1, -0.05) is 6.92 Å². The van der Waals surface area contributed by atoms with E-state index in [9.17, 15) is 9.59 Å². The molecule has 0 unspecified atom stereocenters. The van der Waals surface area contributed by atoms with Crippen molar-refractivity contribution in [2.75, 3.05) is 6.73 Å². The Hall–Kier alpha value is -1.10. The van der Waals surface area contributed by atoms with Crippen LogP contribution in [-0.4, -0.2) is 29.8 Å². The van der Waals surface area contributed by atoms with Crippen molar-refractivity contribution in [2.24, 2.45) is 0 Å². The van der Waals surface area contributed by atoms with Crippen molar-refractivity contribution in [3.8, 4) is 0 Å². The molecule has 0 aromatic carbocycles. The highest BCUT2D eigenvalue weighted by atomic mass is 16.5. The molecule has 1 atom stereocenters. The average molecular weight is 189 g/mol. The first-order valence-corrected chi connectivity index (χ1v) is 4.16. The predicted octanol–water partition coefficient (Wildman–Crippen LogP) is 0.350. The fourth-order valence-corrected chi connectivity index (χ4v) is 0.694. The third kappa shape index (κ3) is 7.27. The van der Waals surface area contributed by atoms with Gasteiger partial charge in [0.15, 0.2) is 0 Å². The molecule has 0 saturated carbocycles. The van der Waals surface area contributed by atoms with E-state index in [0.29, 0.717) is 6.42 Å². The number of aliphatic carboxylic acids is 1. The van der Waals surface area contributed by atoms with Gasteiger partial charge in [-0.25, -0.2) is 0 Å². The highest BCUT2D eigenvalue weighted by Gasteiger charge is 2.07. The Balaban J connectivity index is 3.42. The summed E-state index contributed by atoms with van der Waals surface area (Å²) in [7, 11) is 0. The largest absolute Gasteiger partial charge is 0.481 e. The molecule has 5 heteroatoms. The van der Waals surface area contributed by atoms with Gasteiger partial charge in [-0.2, -0.15) is 0 Å². The lowest BCUT2D eigenvalue weighted by Gasteiger charge is -2.10. The number of carbonyl (C=O) groups excluding carboxylic acids is 1. The molecule has 0 aromatic heterocycles. The molecule has 13 heavy (non-hydrogen) atoms. The number of amides is 1. The Morgan fingerprint density at radius 2 is 2.15 bits per heavy atom. The van der Waals surface area contributed by atoms with E-state index in [1.807, 2.05) is 0 Å². The van der Waals surface area contributed by atoms with Gasteiger partial charge in [-0.3, -0.25) is 9.59 Å². The van der Waals surface area contributed by atoms with Gasteiger partial charge in [0.05, 0.1) is 12.5 Å². The number of carboxylic acid groups (broad SMARTS) is 1. The first-order valence-electron chi connectivity index (χ1n) is 4.16. The van der Waals surface area contributed by atoms with Gasteiger partial charge in [0.2, 0.25) is 5.91 Å². The van der Waals surface area contributed by atoms with Crippen LogP contribution in [0.15, 0.2) is 0 Å². The molecule has 0 saturated heterocycles. The fraction of sp³-hybridized carbons (Fsp3) is 0.750. The molecule has 0 bridgehead atoms. The Labute approximate surface area is 77.1 Å². The van der Waals surface area contributed by atoms with Gasteiger partial charge in [0.25, 0.3) is 0 Å². The van der Waals surface area contributed by atoms with Crippen LogP contribution in [0.3, 0.4) is 0 Å². The molecule has 5 nitrogen and oxygen atoms in total. The Morgan fingerprint density at radius 1 is 1.54 bits per heavy atom. The van der Waals surface area contributed by atoms with E-state index in [1.165, 1.54) is 0 Å². The molecule has 2 N–H and O–H groups in total.